The Kier molecular flexibility index (Phi) is 4.89. The molecule has 0 aliphatic heterocycles. The Morgan fingerprint density at radius 3 is 2.96 bits per heavy atom. The number of hydrazone groups is 1. The highest BCUT2D eigenvalue weighted by molar-refractivity contribution is 7.19. The number of esters is 1. The van der Waals surface area contributed by atoms with Crippen LogP contribution in [0.4, 0.5) is 5.82 Å². The number of carbonyl (C=O) groups excluding carboxylic acids is 1. The lowest BCUT2D eigenvalue weighted by Gasteiger charge is -2.05. The molecule has 0 aromatic carbocycles. The van der Waals surface area contributed by atoms with Crippen LogP contribution < -0.4 is 5.43 Å². The number of nitrogens with zero attached hydrogens (tertiary/aromatic N) is 3. The number of carbonyl (C=O) groups is 1. The molecular formula is C20H23N5O2S. The SMILES string of the molecule is CCOC(=O)c1c(C)[nH]c(/C(C)=N/Nc2ncnc3sc4c(c23)CCC4)c1C. The highest BCUT2D eigenvalue weighted by Gasteiger charge is 2.22. The van der Waals surface area contributed by atoms with E-state index in [0.29, 0.717) is 12.2 Å². The van der Waals surface area contributed by atoms with Crippen molar-refractivity contribution >= 4 is 39.1 Å². The maximum absolute atomic E-state index is 12.2. The van der Waals surface area contributed by atoms with Gasteiger partial charge in [0.25, 0.3) is 0 Å². The number of aromatic nitrogens is 3. The largest absolute Gasteiger partial charge is 0.462 e. The Balaban J connectivity index is 1.66. The Morgan fingerprint density at radius 2 is 2.18 bits per heavy atom. The van der Waals surface area contributed by atoms with Gasteiger partial charge in [-0.2, -0.15) is 5.10 Å². The first kappa shape index (κ1) is 18.6. The van der Waals surface area contributed by atoms with Crippen LogP contribution in [0.25, 0.3) is 10.2 Å². The van der Waals surface area contributed by atoms with E-state index in [1.54, 1.807) is 24.6 Å². The average molecular weight is 398 g/mol. The van der Waals surface area contributed by atoms with Gasteiger partial charge in [0.2, 0.25) is 0 Å². The van der Waals surface area contributed by atoms with Gasteiger partial charge in [0.1, 0.15) is 11.2 Å². The van der Waals surface area contributed by atoms with E-state index in [0.717, 1.165) is 51.5 Å². The second kappa shape index (κ2) is 7.35. The van der Waals surface area contributed by atoms with E-state index in [1.807, 2.05) is 20.8 Å². The zero-order valence-electron chi connectivity index (χ0n) is 16.5. The van der Waals surface area contributed by atoms with E-state index in [2.05, 4.69) is 25.5 Å². The fourth-order valence-electron chi connectivity index (χ4n) is 3.83. The lowest BCUT2D eigenvalue weighted by atomic mass is 10.1. The van der Waals surface area contributed by atoms with Crippen LogP contribution in [0, 0.1) is 13.8 Å². The summed E-state index contributed by atoms with van der Waals surface area (Å²) in [7, 11) is 0. The standard InChI is InChI=1S/C20H23N5O2S/c1-5-27-20(26)15-10(2)17(23-11(15)3)12(4)24-25-18-16-13-7-6-8-14(13)28-19(16)22-9-21-18/h9,23H,5-8H2,1-4H3,(H,21,22,25)/b24-12+. The maximum atomic E-state index is 12.2. The van der Waals surface area contributed by atoms with Gasteiger partial charge in [0, 0.05) is 10.6 Å². The van der Waals surface area contributed by atoms with Crippen molar-refractivity contribution in [2.45, 2.75) is 47.0 Å². The molecule has 28 heavy (non-hydrogen) atoms. The Hall–Kier alpha value is -2.74. The van der Waals surface area contributed by atoms with Crippen LogP contribution in [0.1, 0.15) is 58.0 Å². The molecule has 0 unspecified atom stereocenters. The van der Waals surface area contributed by atoms with E-state index < -0.39 is 0 Å². The number of H-pyrrole nitrogens is 1. The first-order chi connectivity index (χ1) is 13.5. The minimum Gasteiger partial charge on any atom is -0.462 e. The van der Waals surface area contributed by atoms with Crippen molar-refractivity contribution in [1.29, 1.82) is 0 Å². The third-order valence-electron chi connectivity index (χ3n) is 5.11. The number of aryl methyl sites for hydroxylation is 3. The van der Waals surface area contributed by atoms with Crippen LogP contribution in [0.2, 0.25) is 0 Å². The van der Waals surface area contributed by atoms with Gasteiger partial charge in [-0.25, -0.2) is 14.8 Å². The lowest BCUT2D eigenvalue weighted by molar-refractivity contribution is 0.0525. The van der Waals surface area contributed by atoms with Gasteiger partial charge >= 0.3 is 5.97 Å². The summed E-state index contributed by atoms with van der Waals surface area (Å²) in [5, 5.41) is 5.62. The van der Waals surface area contributed by atoms with Gasteiger partial charge < -0.3 is 9.72 Å². The van der Waals surface area contributed by atoms with Crippen molar-refractivity contribution in [3.63, 3.8) is 0 Å². The fraction of sp³-hybridized carbons (Fsp3) is 0.400. The number of hydrogen-bond donors (Lipinski definition) is 2. The van der Waals surface area contributed by atoms with E-state index >= 15 is 0 Å². The molecule has 3 aromatic rings. The molecule has 7 nitrogen and oxygen atoms in total. The van der Waals surface area contributed by atoms with Gasteiger partial charge in [-0.05, 0) is 58.1 Å². The third kappa shape index (κ3) is 3.07. The predicted octanol–water partition coefficient (Wildman–Crippen LogP) is 4.14. The van der Waals surface area contributed by atoms with Crippen molar-refractivity contribution in [3.8, 4) is 0 Å². The number of aromatic amines is 1. The quantitative estimate of drug-likeness (QED) is 0.383. The Morgan fingerprint density at radius 1 is 1.36 bits per heavy atom. The van der Waals surface area contributed by atoms with Crippen LogP contribution in [0.15, 0.2) is 11.4 Å². The molecule has 0 fully saturated rings. The molecule has 1 aliphatic carbocycles. The number of anilines is 1. The zero-order chi connectivity index (χ0) is 19.8. The van der Waals surface area contributed by atoms with Crippen LogP contribution in [0.3, 0.4) is 0 Å². The number of fused-ring (bicyclic) bond motifs is 3. The number of rotatable bonds is 5. The van der Waals surface area contributed by atoms with E-state index in [1.165, 1.54) is 16.9 Å². The van der Waals surface area contributed by atoms with Crippen molar-refractivity contribution < 1.29 is 9.53 Å². The van der Waals surface area contributed by atoms with Gasteiger partial charge in [-0.3, -0.25) is 5.43 Å². The summed E-state index contributed by atoms with van der Waals surface area (Å²) in [6, 6.07) is 0. The predicted molar refractivity (Wildman–Crippen MR) is 111 cm³/mol. The number of ether oxygens (including phenoxy) is 1. The van der Waals surface area contributed by atoms with E-state index in [4.69, 9.17) is 4.74 Å². The number of nitrogens with one attached hydrogen (secondary N) is 2. The van der Waals surface area contributed by atoms with Crippen LogP contribution in [-0.4, -0.2) is 33.2 Å². The monoisotopic (exact) mass is 397 g/mol. The first-order valence-electron chi connectivity index (χ1n) is 9.43. The molecule has 0 atom stereocenters. The van der Waals surface area contributed by atoms with Gasteiger partial charge in [0.05, 0.1) is 29.0 Å². The lowest BCUT2D eigenvalue weighted by Crippen LogP contribution is -2.07. The summed E-state index contributed by atoms with van der Waals surface area (Å²) >= 11 is 1.75. The molecule has 0 bridgehead atoms. The van der Waals surface area contributed by atoms with Crippen molar-refractivity contribution in [2.24, 2.45) is 5.10 Å². The Labute approximate surface area is 167 Å². The molecule has 8 heteroatoms. The van der Waals surface area contributed by atoms with Crippen molar-refractivity contribution in [1.82, 2.24) is 15.0 Å². The highest BCUT2D eigenvalue weighted by Crippen LogP contribution is 2.39. The number of hydrogen-bond acceptors (Lipinski definition) is 7. The summed E-state index contributed by atoms with van der Waals surface area (Å²) in [6.45, 7) is 7.82. The van der Waals surface area contributed by atoms with Gasteiger partial charge in [-0.1, -0.05) is 0 Å². The van der Waals surface area contributed by atoms with Crippen LogP contribution in [0.5, 0.6) is 0 Å². The first-order valence-corrected chi connectivity index (χ1v) is 10.2. The number of thiophene rings is 1. The van der Waals surface area contributed by atoms with Crippen LogP contribution >= 0.6 is 11.3 Å². The summed E-state index contributed by atoms with van der Waals surface area (Å²) in [4.78, 5) is 26.7. The molecule has 146 valence electrons. The summed E-state index contributed by atoms with van der Waals surface area (Å²) < 4.78 is 5.16. The smallest absolute Gasteiger partial charge is 0.340 e. The molecule has 0 amide bonds. The third-order valence-corrected chi connectivity index (χ3v) is 6.31. The molecule has 0 saturated carbocycles. The second-order valence-electron chi connectivity index (χ2n) is 6.91. The molecular weight excluding hydrogens is 374 g/mol. The minimum absolute atomic E-state index is 0.313. The highest BCUT2D eigenvalue weighted by atomic mass is 32.1. The van der Waals surface area contributed by atoms with Gasteiger partial charge in [0.15, 0.2) is 5.82 Å². The summed E-state index contributed by atoms with van der Waals surface area (Å²) in [5.74, 6) is 0.419. The topological polar surface area (TPSA) is 92.3 Å². The molecule has 3 heterocycles. The minimum atomic E-state index is -0.313. The molecule has 1 aliphatic rings. The Bertz CT molecular complexity index is 1100. The normalized spacial score (nSPS) is 13.8. The summed E-state index contributed by atoms with van der Waals surface area (Å²) in [5.41, 5.74) is 8.22. The molecule has 3 aromatic heterocycles. The zero-order valence-corrected chi connectivity index (χ0v) is 17.3. The molecule has 2 N–H and O–H groups in total. The molecule has 0 radical (unpaired) electrons. The van der Waals surface area contributed by atoms with Crippen molar-refractivity contribution in [3.05, 3.63) is 39.3 Å². The second-order valence-corrected chi connectivity index (χ2v) is 8.00. The molecule has 0 saturated heterocycles. The van der Waals surface area contributed by atoms with E-state index in [-0.39, 0.29) is 5.97 Å². The van der Waals surface area contributed by atoms with Crippen LogP contribution in [-0.2, 0) is 17.6 Å². The average Bonchev–Trinajstić information content (AvgIpc) is 3.32. The molecule has 0 spiro atoms. The summed E-state index contributed by atoms with van der Waals surface area (Å²) in [6.07, 6.45) is 4.95. The van der Waals surface area contributed by atoms with Crippen molar-refractivity contribution in [2.75, 3.05) is 12.0 Å². The maximum Gasteiger partial charge on any atom is 0.340 e. The fourth-order valence-corrected chi connectivity index (χ4v) is 5.06. The van der Waals surface area contributed by atoms with E-state index in [9.17, 15) is 4.79 Å². The van der Waals surface area contributed by atoms with Gasteiger partial charge in [-0.15, -0.1) is 11.3 Å². The molecule has 4 rings (SSSR count).